The lowest BCUT2D eigenvalue weighted by Crippen LogP contribution is -2.35. The summed E-state index contributed by atoms with van der Waals surface area (Å²) in [6.07, 6.45) is 2.20. The fourth-order valence-electron chi connectivity index (χ4n) is 2.79. The molecule has 2 amide bonds. The Kier molecular flexibility index (Phi) is 5.69. The minimum Gasteiger partial charge on any atom is -0.459 e. The van der Waals surface area contributed by atoms with Crippen LogP contribution in [0.25, 0.3) is 0 Å². The van der Waals surface area contributed by atoms with Crippen LogP contribution in [0.4, 0.5) is 5.00 Å². The zero-order valence-corrected chi connectivity index (χ0v) is 15.1. The van der Waals surface area contributed by atoms with Crippen LogP contribution in [-0.2, 0) is 13.0 Å². The molecule has 0 radical (unpaired) electrons. The Morgan fingerprint density at radius 1 is 1.42 bits per heavy atom. The van der Waals surface area contributed by atoms with Crippen molar-refractivity contribution in [3.8, 4) is 0 Å². The molecule has 3 N–H and O–H groups in total. The number of hydrogen-bond acceptors (Lipinski definition) is 5. The van der Waals surface area contributed by atoms with Crippen LogP contribution in [0, 0.1) is 0 Å². The van der Waals surface area contributed by atoms with Crippen LogP contribution < -0.4 is 11.1 Å². The molecule has 24 heavy (non-hydrogen) atoms. The minimum atomic E-state index is -0.504. The number of nitrogens with zero attached hydrogens (tertiary/aromatic N) is 1. The Hall–Kier alpha value is -1.83. The highest BCUT2D eigenvalue weighted by molar-refractivity contribution is 7.17. The van der Waals surface area contributed by atoms with Crippen LogP contribution in [0.3, 0.4) is 0 Å². The van der Waals surface area contributed by atoms with Gasteiger partial charge in [-0.2, -0.15) is 0 Å². The third-order valence-corrected chi connectivity index (χ3v) is 5.17. The van der Waals surface area contributed by atoms with Crippen LogP contribution in [0.5, 0.6) is 0 Å². The maximum Gasteiger partial charge on any atom is 0.291 e. The van der Waals surface area contributed by atoms with Gasteiger partial charge in [-0.1, -0.05) is 0 Å². The molecule has 8 heteroatoms. The van der Waals surface area contributed by atoms with Crippen molar-refractivity contribution >= 4 is 40.6 Å². The van der Waals surface area contributed by atoms with Gasteiger partial charge in [0, 0.05) is 24.0 Å². The second kappa shape index (κ2) is 7.38. The molecule has 3 heterocycles. The largest absolute Gasteiger partial charge is 0.459 e. The fraction of sp³-hybridized carbons (Fsp3) is 0.375. The van der Waals surface area contributed by atoms with Crippen molar-refractivity contribution in [1.82, 2.24) is 4.90 Å². The Morgan fingerprint density at radius 3 is 2.75 bits per heavy atom. The number of thiophene rings is 1. The molecule has 130 valence electrons. The second-order valence-electron chi connectivity index (χ2n) is 5.82. The van der Waals surface area contributed by atoms with Gasteiger partial charge in [0.15, 0.2) is 5.76 Å². The molecule has 0 fully saturated rings. The van der Waals surface area contributed by atoms with Crippen molar-refractivity contribution in [2.45, 2.75) is 32.9 Å². The first-order chi connectivity index (χ1) is 11.0. The van der Waals surface area contributed by atoms with E-state index in [4.69, 9.17) is 10.2 Å². The number of primary amides is 1. The number of fused-ring (bicyclic) bond motifs is 1. The van der Waals surface area contributed by atoms with Crippen molar-refractivity contribution in [2.24, 2.45) is 5.73 Å². The number of rotatable bonds is 4. The van der Waals surface area contributed by atoms with Gasteiger partial charge in [-0.3, -0.25) is 14.5 Å². The van der Waals surface area contributed by atoms with E-state index in [9.17, 15) is 9.59 Å². The lowest BCUT2D eigenvalue weighted by molar-refractivity contribution is 0.0997. The van der Waals surface area contributed by atoms with Gasteiger partial charge in [0.1, 0.15) is 5.00 Å². The molecule has 0 atom stereocenters. The quantitative estimate of drug-likeness (QED) is 0.867. The smallest absolute Gasteiger partial charge is 0.291 e. The van der Waals surface area contributed by atoms with Gasteiger partial charge in [-0.05, 0) is 38.0 Å². The Labute approximate surface area is 150 Å². The SMILES string of the molecule is CC(C)N1CCc2c(sc(NC(=O)c3ccco3)c2C(N)=O)C1.Cl. The highest BCUT2D eigenvalue weighted by Gasteiger charge is 2.28. The molecule has 6 nitrogen and oxygen atoms in total. The van der Waals surface area contributed by atoms with Crippen molar-refractivity contribution < 1.29 is 14.0 Å². The summed E-state index contributed by atoms with van der Waals surface area (Å²) in [6, 6.07) is 3.65. The first kappa shape index (κ1) is 18.5. The molecular weight excluding hydrogens is 350 g/mol. The summed E-state index contributed by atoms with van der Waals surface area (Å²) < 4.78 is 5.09. The van der Waals surface area contributed by atoms with Gasteiger partial charge < -0.3 is 15.5 Å². The van der Waals surface area contributed by atoms with Crippen LogP contribution >= 0.6 is 23.7 Å². The normalized spacial score (nSPS) is 14.1. The summed E-state index contributed by atoms with van der Waals surface area (Å²) in [4.78, 5) is 27.5. The van der Waals surface area contributed by atoms with E-state index in [1.54, 1.807) is 12.1 Å². The summed E-state index contributed by atoms with van der Waals surface area (Å²) in [7, 11) is 0. The van der Waals surface area contributed by atoms with Crippen molar-refractivity contribution in [1.29, 1.82) is 0 Å². The number of anilines is 1. The predicted molar refractivity (Wildman–Crippen MR) is 96.0 cm³/mol. The van der Waals surface area contributed by atoms with Gasteiger partial charge in [0.25, 0.3) is 11.8 Å². The third kappa shape index (κ3) is 3.48. The van der Waals surface area contributed by atoms with Crippen LogP contribution in [0.1, 0.15) is 45.2 Å². The number of carbonyl (C=O) groups excluding carboxylic acids is 2. The van der Waals surface area contributed by atoms with Gasteiger partial charge in [0.2, 0.25) is 0 Å². The zero-order valence-electron chi connectivity index (χ0n) is 13.5. The molecule has 2 aromatic heterocycles. The summed E-state index contributed by atoms with van der Waals surface area (Å²) in [5.74, 6) is -0.678. The first-order valence-corrected chi connectivity index (χ1v) is 8.32. The number of halogens is 1. The number of nitrogens with one attached hydrogen (secondary N) is 1. The first-order valence-electron chi connectivity index (χ1n) is 7.50. The van der Waals surface area contributed by atoms with E-state index in [0.29, 0.717) is 16.6 Å². The van der Waals surface area contributed by atoms with E-state index < -0.39 is 5.91 Å². The lowest BCUT2D eigenvalue weighted by Gasteiger charge is -2.30. The summed E-state index contributed by atoms with van der Waals surface area (Å²) in [6.45, 7) is 5.95. The van der Waals surface area contributed by atoms with E-state index in [-0.39, 0.29) is 24.1 Å². The van der Waals surface area contributed by atoms with Crippen LogP contribution in [0.15, 0.2) is 22.8 Å². The molecule has 2 aromatic rings. The molecule has 0 saturated carbocycles. The summed E-state index contributed by atoms with van der Waals surface area (Å²) in [5, 5.41) is 3.27. The molecule has 0 aliphatic carbocycles. The third-order valence-electron chi connectivity index (χ3n) is 4.04. The molecular formula is C16H20ClN3O3S. The van der Waals surface area contributed by atoms with Crippen molar-refractivity contribution in [3.63, 3.8) is 0 Å². The van der Waals surface area contributed by atoms with Crippen molar-refractivity contribution in [2.75, 3.05) is 11.9 Å². The van der Waals surface area contributed by atoms with Gasteiger partial charge in [-0.25, -0.2) is 0 Å². The number of nitrogens with two attached hydrogens (primary N) is 1. The molecule has 0 bridgehead atoms. The van der Waals surface area contributed by atoms with E-state index in [0.717, 1.165) is 30.0 Å². The number of amides is 2. The zero-order chi connectivity index (χ0) is 16.6. The molecule has 1 aliphatic rings. The van der Waals surface area contributed by atoms with Gasteiger partial charge >= 0.3 is 0 Å². The van der Waals surface area contributed by atoms with Crippen LogP contribution in [-0.4, -0.2) is 29.3 Å². The average molecular weight is 370 g/mol. The number of carbonyl (C=O) groups is 2. The number of furan rings is 1. The molecule has 0 unspecified atom stereocenters. The Bertz CT molecular complexity index is 740. The van der Waals surface area contributed by atoms with E-state index in [1.165, 1.54) is 17.6 Å². The van der Waals surface area contributed by atoms with Crippen LogP contribution in [0.2, 0.25) is 0 Å². The standard InChI is InChI=1S/C16H19N3O3S.ClH/c1-9(2)19-6-5-10-12(8-19)23-16(13(10)14(17)20)18-15(21)11-4-3-7-22-11;/h3-4,7,9H,5-6,8H2,1-2H3,(H2,17,20)(H,18,21);1H. The van der Waals surface area contributed by atoms with E-state index >= 15 is 0 Å². The topological polar surface area (TPSA) is 88.6 Å². The monoisotopic (exact) mass is 369 g/mol. The molecule has 0 spiro atoms. The highest BCUT2D eigenvalue weighted by atomic mass is 35.5. The Morgan fingerprint density at radius 2 is 2.17 bits per heavy atom. The second-order valence-corrected chi connectivity index (χ2v) is 6.92. The summed E-state index contributed by atoms with van der Waals surface area (Å²) in [5.41, 5.74) is 6.96. The Balaban J connectivity index is 0.00000208. The summed E-state index contributed by atoms with van der Waals surface area (Å²) >= 11 is 1.42. The molecule has 0 aromatic carbocycles. The minimum absolute atomic E-state index is 0. The fourth-order valence-corrected chi connectivity index (χ4v) is 4.06. The maximum atomic E-state index is 12.2. The van der Waals surface area contributed by atoms with E-state index in [2.05, 4.69) is 24.1 Å². The maximum absolute atomic E-state index is 12.2. The average Bonchev–Trinajstić information content (AvgIpc) is 3.13. The highest BCUT2D eigenvalue weighted by Crippen LogP contribution is 2.37. The van der Waals surface area contributed by atoms with Gasteiger partial charge in [0.05, 0.1) is 11.8 Å². The molecule has 0 saturated heterocycles. The number of hydrogen-bond donors (Lipinski definition) is 2. The van der Waals surface area contributed by atoms with E-state index in [1.807, 2.05) is 0 Å². The van der Waals surface area contributed by atoms with Crippen molar-refractivity contribution in [3.05, 3.63) is 40.2 Å². The molecule has 3 rings (SSSR count). The lowest BCUT2D eigenvalue weighted by atomic mass is 10.0. The van der Waals surface area contributed by atoms with Gasteiger partial charge in [-0.15, -0.1) is 23.7 Å². The molecule has 1 aliphatic heterocycles. The predicted octanol–water partition coefficient (Wildman–Crippen LogP) is 2.88.